The first-order valence-electron chi connectivity index (χ1n) is 8.95. The minimum absolute atomic E-state index is 0.0251. The van der Waals surface area contributed by atoms with Crippen molar-refractivity contribution >= 4 is 21.7 Å². The smallest absolute Gasteiger partial charge is 0.315 e. The summed E-state index contributed by atoms with van der Waals surface area (Å²) >= 11 is 0. The van der Waals surface area contributed by atoms with Crippen molar-refractivity contribution in [2.45, 2.75) is 6.42 Å². The van der Waals surface area contributed by atoms with Crippen LogP contribution in [0.3, 0.4) is 0 Å². The highest BCUT2D eigenvalue weighted by atomic mass is 32.2. The molecular formula is C18H28N4O4S. The zero-order valence-electron chi connectivity index (χ0n) is 15.7. The molecule has 1 heterocycles. The summed E-state index contributed by atoms with van der Waals surface area (Å²) in [6, 6.07) is 7.44. The van der Waals surface area contributed by atoms with E-state index in [1.807, 2.05) is 24.3 Å². The number of urea groups is 1. The summed E-state index contributed by atoms with van der Waals surface area (Å²) in [5, 5.41) is 5.21. The quantitative estimate of drug-likeness (QED) is 0.480. The van der Waals surface area contributed by atoms with E-state index in [9.17, 15) is 13.2 Å². The fourth-order valence-electron chi connectivity index (χ4n) is 2.83. The maximum absolute atomic E-state index is 12.5. The topological polar surface area (TPSA) is 91.0 Å². The van der Waals surface area contributed by atoms with Crippen LogP contribution in [0.1, 0.15) is 6.42 Å². The van der Waals surface area contributed by atoms with E-state index in [0.29, 0.717) is 45.7 Å². The zero-order chi connectivity index (χ0) is 19.7. The fourth-order valence-corrected chi connectivity index (χ4v) is 4.32. The molecule has 9 heteroatoms. The predicted octanol–water partition coefficient (Wildman–Crippen LogP) is 1.02. The van der Waals surface area contributed by atoms with E-state index in [-0.39, 0.29) is 11.8 Å². The first-order valence-corrected chi connectivity index (χ1v) is 10.6. The predicted molar refractivity (Wildman–Crippen MR) is 107 cm³/mol. The van der Waals surface area contributed by atoms with Crippen LogP contribution >= 0.6 is 0 Å². The highest BCUT2D eigenvalue weighted by Gasteiger charge is 2.26. The minimum atomic E-state index is -3.32. The van der Waals surface area contributed by atoms with Gasteiger partial charge in [0.1, 0.15) is 5.75 Å². The maximum Gasteiger partial charge on any atom is 0.315 e. The van der Waals surface area contributed by atoms with Gasteiger partial charge in [-0.25, -0.2) is 13.2 Å². The van der Waals surface area contributed by atoms with Crippen LogP contribution in [0.15, 0.2) is 36.9 Å². The van der Waals surface area contributed by atoms with Gasteiger partial charge in [-0.15, -0.1) is 6.58 Å². The molecular weight excluding hydrogens is 368 g/mol. The largest absolute Gasteiger partial charge is 0.497 e. The maximum atomic E-state index is 12.5. The van der Waals surface area contributed by atoms with Crippen LogP contribution in [-0.4, -0.2) is 70.9 Å². The molecule has 0 bridgehead atoms. The van der Waals surface area contributed by atoms with Crippen molar-refractivity contribution in [3.8, 4) is 5.75 Å². The number of carbonyl (C=O) groups is 1. The monoisotopic (exact) mass is 396 g/mol. The normalized spacial score (nSPS) is 15.2. The second-order valence-electron chi connectivity index (χ2n) is 6.18. The molecule has 0 aromatic heterocycles. The summed E-state index contributed by atoms with van der Waals surface area (Å²) in [7, 11) is -1.69. The van der Waals surface area contributed by atoms with Gasteiger partial charge in [-0.1, -0.05) is 6.08 Å². The molecule has 1 aromatic carbocycles. The molecule has 0 unspecified atom stereocenters. The van der Waals surface area contributed by atoms with Gasteiger partial charge in [-0.2, -0.15) is 4.31 Å². The zero-order valence-corrected chi connectivity index (χ0v) is 16.5. The van der Waals surface area contributed by atoms with E-state index >= 15 is 0 Å². The summed E-state index contributed by atoms with van der Waals surface area (Å²) in [5.41, 5.74) is 1.06. The van der Waals surface area contributed by atoms with Gasteiger partial charge >= 0.3 is 6.03 Å². The fraction of sp³-hybridized carbons (Fsp3) is 0.500. The van der Waals surface area contributed by atoms with E-state index < -0.39 is 10.0 Å². The molecule has 150 valence electrons. The van der Waals surface area contributed by atoms with Gasteiger partial charge in [-0.3, -0.25) is 0 Å². The lowest BCUT2D eigenvalue weighted by atomic mass is 10.2. The molecule has 0 aliphatic carbocycles. The van der Waals surface area contributed by atoms with E-state index in [0.717, 1.165) is 11.4 Å². The van der Waals surface area contributed by atoms with E-state index in [2.05, 4.69) is 22.1 Å². The van der Waals surface area contributed by atoms with Gasteiger partial charge in [0.05, 0.1) is 12.9 Å². The number of carbonyl (C=O) groups excluding carboxylic acids is 1. The number of anilines is 1. The summed E-state index contributed by atoms with van der Waals surface area (Å²) < 4.78 is 31.6. The second kappa shape index (κ2) is 10.2. The number of amides is 2. The number of benzene rings is 1. The van der Waals surface area contributed by atoms with Crippen molar-refractivity contribution in [2.75, 3.05) is 57.0 Å². The van der Waals surface area contributed by atoms with Crippen LogP contribution in [0, 0.1) is 0 Å². The Kier molecular flexibility index (Phi) is 7.93. The Morgan fingerprint density at radius 1 is 1.19 bits per heavy atom. The van der Waals surface area contributed by atoms with Gasteiger partial charge in [0.15, 0.2) is 0 Å². The van der Waals surface area contributed by atoms with Crippen LogP contribution in [0.2, 0.25) is 0 Å². The third-order valence-corrected chi connectivity index (χ3v) is 6.30. The van der Waals surface area contributed by atoms with Crippen LogP contribution < -0.4 is 20.3 Å². The molecule has 1 saturated heterocycles. The number of sulfonamides is 1. The van der Waals surface area contributed by atoms with Crippen LogP contribution in [0.4, 0.5) is 10.5 Å². The van der Waals surface area contributed by atoms with Gasteiger partial charge in [0.25, 0.3) is 0 Å². The van der Waals surface area contributed by atoms with Crippen molar-refractivity contribution in [1.82, 2.24) is 14.9 Å². The third kappa shape index (κ3) is 6.44. The lowest BCUT2D eigenvalue weighted by molar-refractivity contribution is 0.242. The standard InChI is InChI=1S/C18H28N4O4S/c1-3-9-19-18(23)20-10-4-15-27(24,25)22-13-11-21(12-14-22)16-5-7-17(26-2)8-6-16/h3,5-8H,1,4,9-15H2,2H3,(H2,19,20,23). The summed E-state index contributed by atoms with van der Waals surface area (Å²) in [6.07, 6.45) is 1.96. The van der Waals surface area contributed by atoms with Gasteiger partial charge in [0.2, 0.25) is 10.0 Å². The molecule has 8 nitrogen and oxygen atoms in total. The van der Waals surface area contributed by atoms with E-state index in [1.165, 1.54) is 4.31 Å². The van der Waals surface area contributed by atoms with Crippen molar-refractivity contribution in [3.05, 3.63) is 36.9 Å². The number of nitrogens with one attached hydrogen (secondary N) is 2. The molecule has 1 aliphatic heterocycles. The number of methoxy groups -OCH3 is 1. The first kappa shape index (κ1) is 21.0. The number of hydrogen-bond donors (Lipinski definition) is 2. The number of nitrogens with zero attached hydrogens (tertiary/aromatic N) is 2. The molecule has 1 aromatic rings. The van der Waals surface area contributed by atoms with E-state index in [4.69, 9.17) is 4.74 Å². The second-order valence-corrected chi connectivity index (χ2v) is 8.27. The molecule has 27 heavy (non-hydrogen) atoms. The average molecular weight is 397 g/mol. The van der Waals surface area contributed by atoms with Gasteiger partial charge < -0.3 is 20.3 Å². The minimum Gasteiger partial charge on any atom is -0.497 e. The Bertz CT molecular complexity index is 713. The highest BCUT2D eigenvalue weighted by molar-refractivity contribution is 7.89. The molecule has 2 N–H and O–H groups in total. The molecule has 1 fully saturated rings. The average Bonchev–Trinajstić information content (AvgIpc) is 2.70. The number of hydrogen-bond acceptors (Lipinski definition) is 5. The third-order valence-electron chi connectivity index (χ3n) is 4.34. The molecule has 0 atom stereocenters. The van der Waals surface area contributed by atoms with Crippen LogP contribution in [0.5, 0.6) is 5.75 Å². The molecule has 2 amide bonds. The van der Waals surface area contributed by atoms with Gasteiger partial charge in [-0.05, 0) is 30.7 Å². The Morgan fingerprint density at radius 3 is 2.44 bits per heavy atom. The van der Waals surface area contributed by atoms with Crippen molar-refractivity contribution in [2.24, 2.45) is 0 Å². The Balaban J connectivity index is 1.74. The van der Waals surface area contributed by atoms with Gasteiger partial charge in [0, 0.05) is 45.0 Å². The van der Waals surface area contributed by atoms with Crippen molar-refractivity contribution in [3.63, 3.8) is 0 Å². The molecule has 0 radical (unpaired) electrons. The first-order chi connectivity index (χ1) is 13.0. The van der Waals surface area contributed by atoms with Crippen LogP contribution in [0.25, 0.3) is 0 Å². The lowest BCUT2D eigenvalue weighted by Crippen LogP contribution is -2.49. The number of piperazine rings is 1. The molecule has 2 rings (SSSR count). The van der Waals surface area contributed by atoms with Crippen molar-refractivity contribution in [1.29, 1.82) is 0 Å². The summed E-state index contributed by atoms with van der Waals surface area (Å²) in [4.78, 5) is 13.6. The van der Waals surface area contributed by atoms with Crippen LogP contribution in [-0.2, 0) is 10.0 Å². The highest BCUT2D eigenvalue weighted by Crippen LogP contribution is 2.21. The Morgan fingerprint density at radius 2 is 1.85 bits per heavy atom. The molecule has 0 saturated carbocycles. The Labute approximate surface area is 161 Å². The molecule has 1 aliphatic rings. The summed E-state index contributed by atoms with van der Waals surface area (Å²) in [6.45, 7) is 6.41. The molecule has 0 spiro atoms. The summed E-state index contributed by atoms with van der Waals surface area (Å²) in [5.74, 6) is 0.823. The van der Waals surface area contributed by atoms with E-state index in [1.54, 1.807) is 13.2 Å². The SMILES string of the molecule is C=CCNC(=O)NCCCS(=O)(=O)N1CCN(c2ccc(OC)cc2)CC1. The Hall–Kier alpha value is -2.26. The number of rotatable bonds is 9. The van der Waals surface area contributed by atoms with Crippen molar-refractivity contribution < 1.29 is 17.9 Å². The number of ether oxygens (including phenoxy) is 1. The lowest BCUT2D eigenvalue weighted by Gasteiger charge is -2.35.